The zero-order chi connectivity index (χ0) is 22.7. The molecule has 162 valence electrons. The number of benzene rings is 3. The smallest absolute Gasteiger partial charge is 0.419 e. The van der Waals surface area contributed by atoms with Gasteiger partial charge in [-0.1, -0.05) is 12.1 Å². The number of carbonyl (C=O) groups is 1. The molecule has 4 rings (SSSR count). The molecule has 3 aromatic carbocycles. The molecule has 2 N–H and O–H groups in total. The van der Waals surface area contributed by atoms with Crippen molar-refractivity contribution in [3.8, 4) is 11.6 Å². The predicted octanol–water partition coefficient (Wildman–Crippen LogP) is 6.22. The first-order chi connectivity index (χ1) is 15.3. The van der Waals surface area contributed by atoms with Crippen molar-refractivity contribution in [2.45, 2.75) is 6.18 Å². The highest BCUT2D eigenvalue weighted by Gasteiger charge is 2.34. The molecule has 0 atom stereocenters. The summed E-state index contributed by atoms with van der Waals surface area (Å²) in [6, 6.07) is 15.0. The van der Waals surface area contributed by atoms with Gasteiger partial charge in [0.05, 0.1) is 16.5 Å². The summed E-state index contributed by atoms with van der Waals surface area (Å²) in [5.74, 6) is -0.602. The number of carbonyl (C=O) groups excluding carboxylic acids is 1. The Morgan fingerprint density at radius 2 is 1.56 bits per heavy atom. The number of amides is 2. The van der Waals surface area contributed by atoms with Gasteiger partial charge in [-0.2, -0.15) is 13.2 Å². The number of rotatable bonds is 4. The number of nitrogens with zero attached hydrogens (tertiary/aromatic N) is 2. The minimum absolute atomic E-state index is 0.202. The second-order valence-corrected chi connectivity index (χ2v) is 6.59. The maximum atomic E-state index is 13.4. The van der Waals surface area contributed by atoms with E-state index in [1.54, 1.807) is 24.3 Å². The number of hydrogen-bond donors (Lipinski definition) is 2. The number of alkyl halides is 3. The summed E-state index contributed by atoms with van der Waals surface area (Å²) in [6.45, 7) is 0. The lowest BCUT2D eigenvalue weighted by molar-refractivity contribution is -0.139. The van der Waals surface area contributed by atoms with Crippen molar-refractivity contribution >= 4 is 28.3 Å². The van der Waals surface area contributed by atoms with E-state index in [9.17, 15) is 22.4 Å². The van der Waals surface area contributed by atoms with Crippen molar-refractivity contribution in [3.05, 3.63) is 84.4 Å². The van der Waals surface area contributed by atoms with Crippen LogP contribution in [0.25, 0.3) is 10.9 Å². The van der Waals surface area contributed by atoms with Crippen LogP contribution in [0.15, 0.2) is 73.1 Å². The number of para-hydroxylation sites is 1. The van der Waals surface area contributed by atoms with Crippen molar-refractivity contribution in [2.24, 2.45) is 0 Å². The zero-order valence-electron chi connectivity index (χ0n) is 16.2. The molecule has 0 saturated heterocycles. The van der Waals surface area contributed by atoms with Gasteiger partial charge < -0.3 is 15.4 Å². The number of urea groups is 1. The second kappa shape index (κ2) is 8.50. The summed E-state index contributed by atoms with van der Waals surface area (Å²) >= 11 is 0. The van der Waals surface area contributed by atoms with Gasteiger partial charge >= 0.3 is 12.2 Å². The first kappa shape index (κ1) is 21.0. The van der Waals surface area contributed by atoms with Crippen LogP contribution in [0.4, 0.5) is 33.7 Å². The Labute approximate surface area is 178 Å². The van der Waals surface area contributed by atoms with Crippen LogP contribution in [0.1, 0.15) is 5.56 Å². The van der Waals surface area contributed by atoms with E-state index < -0.39 is 23.6 Å². The van der Waals surface area contributed by atoms with Crippen molar-refractivity contribution < 1.29 is 27.1 Å². The minimum Gasteiger partial charge on any atom is -0.438 e. The zero-order valence-corrected chi connectivity index (χ0v) is 16.2. The molecule has 0 spiro atoms. The normalized spacial score (nSPS) is 11.2. The van der Waals surface area contributed by atoms with E-state index >= 15 is 0 Å². The molecule has 32 heavy (non-hydrogen) atoms. The fourth-order valence-electron chi connectivity index (χ4n) is 2.89. The third kappa shape index (κ3) is 4.75. The van der Waals surface area contributed by atoms with E-state index in [2.05, 4.69) is 20.6 Å². The monoisotopic (exact) mass is 442 g/mol. The number of fused-ring (bicyclic) bond motifs is 1. The Bertz CT molecular complexity index is 1270. The molecule has 0 radical (unpaired) electrons. The lowest BCUT2D eigenvalue weighted by atomic mass is 10.2. The number of hydrogen-bond acceptors (Lipinski definition) is 4. The molecular formula is C22H14F4N4O2. The molecule has 0 aliphatic rings. The Kier molecular flexibility index (Phi) is 5.59. The Hall–Kier alpha value is -4.21. The van der Waals surface area contributed by atoms with Gasteiger partial charge in [-0.25, -0.2) is 19.2 Å². The molecule has 2 amide bonds. The highest BCUT2D eigenvalue weighted by atomic mass is 19.4. The summed E-state index contributed by atoms with van der Waals surface area (Å²) in [7, 11) is 0. The largest absolute Gasteiger partial charge is 0.438 e. The fourth-order valence-corrected chi connectivity index (χ4v) is 2.89. The first-order valence-corrected chi connectivity index (χ1v) is 9.22. The molecule has 1 aromatic heterocycles. The van der Waals surface area contributed by atoms with Gasteiger partial charge in [0, 0.05) is 11.4 Å². The van der Waals surface area contributed by atoms with Gasteiger partial charge in [0.2, 0.25) is 5.88 Å². The van der Waals surface area contributed by atoms with Crippen LogP contribution in [0.2, 0.25) is 0 Å². The Morgan fingerprint density at radius 3 is 2.31 bits per heavy atom. The lowest BCUT2D eigenvalue weighted by Gasteiger charge is -2.12. The van der Waals surface area contributed by atoms with Gasteiger partial charge in [0.1, 0.15) is 17.9 Å². The average molecular weight is 442 g/mol. The maximum Gasteiger partial charge on any atom is 0.419 e. The van der Waals surface area contributed by atoms with Crippen molar-refractivity contribution in [3.63, 3.8) is 0 Å². The van der Waals surface area contributed by atoms with Crippen molar-refractivity contribution in [1.29, 1.82) is 0 Å². The maximum absolute atomic E-state index is 13.4. The number of nitrogens with one attached hydrogen (secondary N) is 2. The number of anilines is 2. The molecular weight excluding hydrogens is 428 g/mol. The standard InChI is InChI=1S/C22H14F4N4O2/c23-18-10-7-14(11-17(18)22(24,25)26)30-21(31)29-13-5-8-15(9-6-13)32-20-16-3-1-2-4-19(16)27-12-28-20/h1-12H,(H2,29,30,31). The SMILES string of the molecule is O=C(Nc1ccc(Oc2ncnc3ccccc23)cc1)Nc1ccc(F)c(C(F)(F)F)c1. The van der Waals surface area contributed by atoms with Gasteiger partial charge in [0.15, 0.2) is 0 Å². The third-order valence-electron chi connectivity index (χ3n) is 4.36. The van der Waals surface area contributed by atoms with Crippen LogP contribution < -0.4 is 15.4 Å². The summed E-state index contributed by atoms with van der Waals surface area (Å²) in [5.41, 5.74) is -0.580. The quantitative estimate of drug-likeness (QED) is 0.368. The van der Waals surface area contributed by atoms with Gasteiger partial charge in [-0.05, 0) is 54.6 Å². The van der Waals surface area contributed by atoms with Gasteiger partial charge in [0.25, 0.3) is 0 Å². The topological polar surface area (TPSA) is 76.1 Å². The van der Waals surface area contributed by atoms with E-state index in [0.717, 1.165) is 17.0 Å². The highest BCUT2D eigenvalue weighted by molar-refractivity contribution is 5.99. The van der Waals surface area contributed by atoms with Crippen LogP contribution in [0.3, 0.4) is 0 Å². The summed E-state index contributed by atoms with van der Waals surface area (Å²) in [4.78, 5) is 20.4. The Morgan fingerprint density at radius 1 is 0.875 bits per heavy atom. The van der Waals surface area contributed by atoms with Gasteiger partial charge in [-0.15, -0.1) is 0 Å². The van der Waals surface area contributed by atoms with Crippen LogP contribution in [0.5, 0.6) is 11.6 Å². The fraction of sp³-hybridized carbons (Fsp3) is 0.0455. The number of halogens is 4. The molecule has 0 aliphatic carbocycles. The van der Waals surface area contributed by atoms with E-state index in [1.807, 2.05) is 24.3 Å². The molecule has 1 heterocycles. The van der Waals surface area contributed by atoms with Crippen LogP contribution in [-0.2, 0) is 6.18 Å². The van der Waals surface area contributed by atoms with Crippen LogP contribution in [0, 0.1) is 5.82 Å². The number of ether oxygens (including phenoxy) is 1. The molecule has 0 aliphatic heterocycles. The van der Waals surface area contributed by atoms with Crippen molar-refractivity contribution in [1.82, 2.24) is 9.97 Å². The number of aromatic nitrogens is 2. The van der Waals surface area contributed by atoms with Crippen molar-refractivity contribution in [2.75, 3.05) is 10.6 Å². The molecule has 0 fully saturated rings. The van der Waals surface area contributed by atoms with E-state index in [-0.39, 0.29) is 5.69 Å². The predicted molar refractivity (Wildman–Crippen MR) is 110 cm³/mol. The Balaban J connectivity index is 1.42. The minimum atomic E-state index is -4.87. The lowest BCUT2D eigenvalue weighted by Crippen LogP contribution is -2.20. The summed E-state index contributed by atoms with van der Waals surface area (Å²) in [5, 5.41) is 5.45. The summed E-state index contributed by atoms with van der Waals surface area (Å²) < 4.78 is 57.6. The van der Waals surface area contributed by atoms with E-state index in [1.165, 1.54) is 6.33 Å². The third-order valence-corrected chi connectivity index (χ3v) is 4.36. The molecule has 6 nitrogen and oxygen atoms in total. The highest BCUT2D eigenvalue weighted by Crippen LogP contribution is 2.33. The molecule has 0 bridgehead atoms. The van der Waals surface area contributed by atoms with E-state index in [4.69, 9.17) is 4.74 Å². The average Bonchev–Trinajstić information content (AvgIpc) is 2.76. The molecule has 0 saturated carbocycles. The molecule has 0 unspecified atom stereocenters. The van der Waals surface area contributed by atoms with E-state index in [0.29, 0.717) is 29.4 Å². The van der Waals surface area contributed by atoms with Gasteiger partial charge in [-0.3, -0.25) is 0 Å². The van der Waals surface area contributed by atoms with Crippen LogP contribution >= 0.6 is 0 Å². The molecule has 4 aromatic rings. The summed E-state index contributed by atoms with van der Waals surface area (Å²) in [6.07, 6.45) is -3.49. The second-order valence-electron chi connectivity index (χ2n) is 6.59. The molecule has 10 heteroatoms. The first-order valence-electron chi connectivity index (χ1n) is 9.22. The van der Waals surface area contributed by atoms with Crippen LogP contribution in [-0.4, -0.2) is 16.0 Å².